The highest BCUT2D eigenvalue weighted by Gasteiger charge is 2.83. The van der Waals surface area contributed by atoms with Gasteiger partial charge < -0.3 is 9.29 Å². The lowest BCUT2D eigenvalue weighted by molar-refractivity contribution is -0.382. The molecule has 0 fully saturated rings. The summed E-state index contributed by atoms with van der Waals surface area (Å²) in [5.74, 6) is -13.9. The van der Waals surface area contributed by atoms with Crippen LogP contribution in [0.25, 0.3) is 0 Å². The number of methoxy groups -OCH3 is 1. The predicted octanol–water partition coefficient (Wildman–Crippen LogP) is 2.89. The van der Waals surface area contributed by atoms with E-state index in [4.69, 9.17) is 4.74 Å². The summed E-state index contributed by atoms with van der Waals surface area (Å²) in [6.45, 7) is 0. The molecule has 0 saturated heterocycles. The number of rotatable bonds is 4. The monoisotopic (exact) mass is 440 g/mol. The summed E-state index contributed by atoms with van der Waals surface area (Å²) >= 11 is 0. The topological polar surface area (TPSA) is 66.4 Å². The molecular weight excluding hydrogens is 430 g/mol. The molecule has 0 aliphatic carbocycles. The summed E-state index contributed by atoms with van der Waals surface area (Å²) in [6, 6.07) is 8.00. The smallest absolute Gasteiger partial charge is 0.460 e. The van der Waals surface area contributed by atoms with Gasteiger partial charge in [0.25, 0.3) is 0 Å². The summed E-state index contributed by atoms with van der Waals surface area (Å²) in [4.78, 5) is 0. The van der Waals surface area contributed by atoms with Crippen LogP contribution in [-0.4, -0.2) is 43.4 Å². The van der Waals surface area contributed by atoms with E-state index in [0.29, 0.717) is 0 Å². The van der Waals surface area contributed by atoms with Gasteiger partial charge in [0.1, 0.15) is 5.75 Å². The molecule has 1 aromatic rings. The van der Waals surface area contributed by atoms with Crippen LogP contribution in [0.3, 0.4) is 0 Å². The third-order valence-electron chi connectivity index (χ3n) is 2.59. The maximum atomic E-state index is 12.2. The van der Waals surface area contributed by atoms with Gasteiger partial charge >= 0.3 is 23.3 Å². The molecule has 0 bridgehead atoms. The molecule has 0 spiro atoms. The molecule has 1 atom stereocenters. The number of alkyl halides is 9. The van der Waals surface area contributed by atoms with Crippen molar-refractivity contribution in [3.63, 3.8) is 0 Å². The molecule has 0 aliphatic rings. The van der Waals surface area contributed by atoms with E-state index in [-0.39, 0.29) is 0 Å². The Hall–Kier alpha value is -1.27. The van der Waals surface area contributed by atoms with Crippen molar-refractivity contribution in [1.82, 2.24) is 0 Å². The highest BCUT2D eigenvalue weighted by molar-refractivity contribution is 7.86. The van der Waals surface area contributed by atoms with Crippen LogP contribution in [0.5, 0.6) is 5.75 Å². The molecule has 15 heteroatoms. The van der Waals surface area contributed by atoms with Crippen molar-refractivity contribution >= 4 is 24.7 Å². The third kappa shape index (κ3) is 4.92. The van der Waals surface area contributed by atoms with Gasteiger partial charge in [-0.25, -0.2) is 8.42 Å². The van der Waals surface area contributed by atoms with Gasteiger partial charge in [-0.1, -0.05) is 0 Å². The van der Waals surface area contributed by atoms with Gasteiger partial charge in [0.15, 0.2) is 10.1 Å². The average Bonchev–Trinajstić information content (AvgIpc) is 2.46. The molecule has 0 heterocycles. The maximum Gasteiger partial charge on any atom is 0.460 e. The minimum atomic E-state index is -7.43. The Morgan fingerprint density at radius 2 is 1.27 bits per heavy atom. The molecule has 0 aromatic heterocycles. The second-order valence-corrected chi connectivity index (χ2v) is 6.70. The Labute approximate surface area is 143 Å². The molecular formula is C11H10F9O4PS. The number of halogens is 9. The molecule has 0 aliphatic heterocycles. The van der Waals surface area contributed by atoms with Crippen molar-refractivity contribution in [2.45, 2.75) is 23.3 Å². The Kier molecular flexibility index (Phi) is 7.39. The molecule has 0 saturated carbocycles. The second-order valence-electron chi connectivity index (χ2n) is 4.47. The first-order valence-corrected chi connectivity index (χ1v) is 8.06. The summed E-state index contributed by atoms with van der Waals surface area (Å²) in [7, 11) is -3.88. The van der Waals surface area contributed by atoms with Gasteiger partial charge in [-0.2, -0.15) is 39.5 Å². The van der Waals surface area contributed by atoms with Crippen LogP contribution in [0.1, 0.15) is 0 Å². The van der Waals surface area contributed by atoms with Crippen molar-refractivity contribution in [1.29, 1.82) is 0 Å². The van der Waals surface area contributed by atoms with Crippen LogP contribution < -0.4 is 10.0 Å². The van der Waals surface area contributed by atoms with E-state index in [9.17, 15) is 52.5 Å². The Bertz CT molecular complexity index is 701. The molecule has 1 rings (SSSR count). The SMILES string of the molecule is COc1ccc([PH3+])cc1.O=S(=O)([O-])C(F)(F)C(F)(F)C(F)(F)C(F)(F)F. The van der Waals surface area contributed by atoms with Gasteiger partial charge in [-0.05, 0) is 24.3 Å². The number of ether oxygens (including phenoxy) is 1. The molecule has 0 amide bonds. The predicted molar refractivity (Wildman–Crippen MR) is 74.3 cm³/mol. The quantitative estimate of drug-likeness (QED) is 0.411. The van der Waals surface area contributed by atoms with Gasteiger partial charge in [0.05, 0.1) is 12.4 Å². The van der Waals surface area contributed by atoms with Crippen LogP contribution in [0, 0.1) is 0 Å². The van der Waals surface area contributed by atoms with E-state index in [1.165, 1.54) is 5.30 Å². The van der Waals surface area contributed by atoms with Crippen LogP contribution >= 0.6 is 9.24 Å². The highest BCUT2D eigenvalue weighted by atomic mass is 32.2. The van der Waals surface area contributed by atoms with Crippen LogP contribution in [-0.2, 0) is 10.1 Å². The highest BCUT2D eigenvalue weighted by Crippen LogP contribution is 2.54. The van der Waals surface area contributed by atoms with Gasteiger partial charge in [0, 0.05) is 9.24 Å². The lowest BCUT2D eigenvalue weighted by Gasteiger charge is -2.34. The summed E-state index contributed by atoms with van der Waals surface area (Å²) in [6.07, 6.45) is -7.16. The van der Waals surface area contributed by atoms with Crippen LogP contribution in [0.2, 0.25) is 0 Å². The minimum Gasteiger partial charge on any atom is -0.743 e. The first-order chi connectivity index (χ1) is 11.3. The van der Waals surface area contributed by atoms with Crippen LogP contribution in [0.4, 0.5) is 39.5 Å². The summed E-state index contributed by atoms with van der Waals surface area (Å²) in [5, 5.41) is -5.82. The molecule has 0 N–H and O–H groups in total. The minimum absolute atomic E-state index is 0.922. The molecule has 0 radical (unpaired) electrons. The summed E-state index contributed by atoms with van der Waals surface area (Å²) in [5.41, 5.74) is 0. The van der Waals surface area contributed by atoms with Crippen molar-refractivity contribution in [2.75, 3.05) is 7.11 Å². The fourth-order valence-corrected chi connectivity index (χ4v) is 1.82. The maximum absolute atomic E-state index is 12.2. The third-order valence-corrected chi connectivity index (χ3v) is 3.94. The number of hydrogen-bond donors (Lipinski definition) is 0. The van der Waals surface area contributed by atoms with Crippen LogP contribution in [0.15, 0.2) is 24.3 Å². The number of hydrogen-bond acceptors (Lipinski definition) is 4. The molecule has 4 nitrogen and oxygen atoms in total. The van der Waals surface area contributed by atoms with E-state index in [1.807, 2.05) is 33.5 Å². The van der Waals surface area contributed by atoms with Crippen molar-refractivity contribution in [3.8, 4) is 5.75 Å². The lowest BCUT2D eigenvalue weighted by Crippen LogP contribution is -2.63. The summed E-state index contributed by atoms with van der Waals surface area (Å²) < 4.78 is 140. The lowest BCUT2D eigenvalue weighted by atomic mass is 10.1. The zero-order valence-electron chi connectivity index (χ0n) is 12.5. The fourth-order valence-electron chi connectivity index (χ4n) is 1.14. The molecule has 152 valence electrons. The number of benzene rings is 1. The first-order valence-electron chi connectivity index (χ1n) is 5.94. The van der Waals surface area contributed by atoms with E-state index in [1.54, 1.807) is 7.11 Å². The van der Waals surface area contributed by atoms with Crippen molar-refractivity contribution < 1.29 is 57.2 Å². The zero-order chi connectivity index (χ0) is 21.2. The molecule has 1 unspecified atom stereocenters. The molecule has 1 aromatic carbocycles. The Balaban J connectivity index is 0.000000577. The van der Waals surface area contributed by atoms with Crippen molar-refractivity contribution in [3.05, 3.63) is 24.3 Å². The van der Waals surface area contributed by atoms with Gasteiger partial charge in [-0.15, -0.1) is 0 Å². The second kappa shape index (κ2) is 7.77. The fraction of sp³-hybridized carbons (Fsp3) is 0.455. The first kappa shape index (κ1) is 24.7. The normalized spacial score (nSPS) is 13.8. The van der Waals surface area contributed by atoms with E-state index < -0.39 is 33.4 Å². The Morgan fingerprint density at radius 1 is 0.885 bits per heavy atom. The zero-order valence-corrected chi connectivity index (χ0v) is 14.7. The average molecular weight is 440 g/mol. The van der Waals surface area contributed by atoms with Gasteiger partial charge in [-0.3, -0.25) is 0 Å². The largest absolute Gasteiger partial charge is 0.743 e. The van der Waals surface area contributed by atoms with E-state index in [2.05, 4.69) is 0 Å². The Morgan fingerprint density at radius 3 is 1.54 bits per heavy atom. The van der Waals surface area contributed by atoms with Gasteiger partial charge in [0.2, 0.25) is 0 Å². The van der Waals surface area contributed by atoms with E-state index in [0.717, 1.165) is 5.75 Å². The van der Waals surface area contributed by atoms with E-state index >= 15 is 0 Å². The van der Waals surface area contributed by atoms with Crippen molar-refractivity contribution in [2.24, 2.45) is 0 Å². The molecule has 26 heavy (non-hydrogen) atoms. The standard InChI is InChI=1S/C7H9OP.C4HF9O3S/c1-8-6-2-4-7(9)5-3-6;5-1(6,3(9,10)11)2(7,8)4(12,13)17(14,15)16/h2-5H,9H2,1H3;(H,14,15,16).